The van der Waals surface area contributed by atoms with Crippen LogP contribution >= 0.6 is 0 Å². The number of amides is 1. The summed E-state index contributed by atoms with van der Waals surface area (Å²) in [5.41, 5.74) is -4.85. The maximum absolute atomic E-state index is 13.9. The van der Waals surface area contributed by atoms with Gasteiger partial charge >= 0.3 is 18.1 Å². The first-order valence-electron chi connectivity index (χ1n) is 16.1. The number of aliphatic hydroxyl groups excluding tert-OH is 1. The largest absolute Gasteiger partial charge is 0.507 e. The van der Waals surface area contributed by atoms with Crippen molar-refractivity contribution in [3.63, 3.8) is 0 Å². The van der Waals surface area contributed by atoms with Crippen LogP contribution in [0.2, 0.25) is 0 Å². The molecule has 3 aliphatic rings. The number of aliphatic hydroxyl groups is 2. The summed E-state index contributed by atoms with van der Waals surface area (Å²) in [7, 11) is 1.25. The van der Waals surface area contributed by atoms with Gasteiger partial charge in [0.2, 0.25) is 11.6 Å². The number of ether oxygens (including phenoxy) is 4. The number of Topliss-reactive ketones (excluding diaryl/α,β-unsaturated/α-hetero) is 1. The second-order valence-corrected chi connectivity index (χ2v) is 12.7. The molecule has 1 saturated heterocycles. The first-order chi connectivity index (χ1) is 23.9. The summed E-state index contributed by atoms with van der Waals surface area (Å²) in [6.07, 6.45) is -12.3. The van der Waals surface area contributed by atoms with Crippen molar-refractivity contribution < 1.29 is 76.5 Å². The fourth-order valence-corrected chi connectivity index (χ4v) is 6.64. The number of carbonyl (C=O) groups is 5. The summed E-state index contributed by atoms with van der Waals surface area (Å²) in [6, 6.07) is 2.58. The molecule has 6 atom stereocenters. The Balaban J connectivity index is 1.58. The summed E-state index contributed by atoms with van der Waals surface area (Å²) in [6.45, 7) is 2.21. The molecule has 0 saturated carbocycles. The Hall–Kier alpha value is -4.58. The van der Waals surface area contributed by atoms with Gasteiger partial charge in [-0.3, -0.25) is 24.0 Å². The number of hydrogen-bond acceptors (Lipinski definition) is 13. The van der Waals surface area contributed by atoms with Gasteiger partial charge in [-0.1, -0.05) is 25.5 Å². The number of phenols is 2. The maximum atomic E-state index is 13.9. The molecular weight excluding hydrogens is 687 g/mol. The van der Waals surface area contributed by atoms with Crippen molar-refractivity contribution in [1.29, 1.82) is 0 Å². The van der Waals surface area contributed by atoms with Crippen molar-refractivity contribution in [3.05, 3.63) is 51.6 Å². The lowest BCUT2D eigenvalue weighted by Gasteiger charge is -2.43. The van der Waals surface area contributed by atoms with E-state index in [9.17, 15) is 57.6 Å². The van der Waals surface area contributed by atoms with Gasteiger partial charge in [-0.05, 0) is 19.4 Å². The van der Waals surface area contributed by atoms with Crippen LogP contribution in [0.3, 0.4) is 0 Å². The number of rotatable bonds is 10. The average molecular weight is 724 g/mol. The van der Waals surface area contributed by atoms with Gasteiger partial charge in [0.15, 0.2) is 18.7 Å². The molecule has 1 heterocycles. The minimum Gasteiger partial charge on any atom is -0.507 e. The third-order valence-corrected chi connectivity index (χ3v) is 9.29. The summed E-state index contributed by atoms with van der Waals surface area (Å²) < 4.78 is 61.1. The Bertz CT molecular complexity index is 1780. The van der Waals surface area contributed by atoms with Crippen molar-refractivity contribution in [2.45, 2.75) is 94.8 Å². The number of phenolic OH excluding ortho intramolecular Hbond substituents is 2. The Morgan fingerprint density at radius 1 is 1.08 bits per heavy atom. The smallest absolute Gasteiger partial charge is 0.471 e. The number of esters is 1. The highest BCUT2D eigenvalue weighted by Gasteiger charge is 2.51. The molecule has 1 aliphatic heterocycles. The van der Waals surface area contributed by atoms with E-state index in [0.29, 0.717) is 12.8 Å². The lowest BCUT2D eigenvalue weighted by molar-refractivity contribution is -0.250. The third-order valence-electron chi connectivity index (χ3n) is 9.29. The summed E-state index contributed by atoms with van der Waals surface area (Å²) in [5, 5.41) is 47.2. The van der Waals surface area contributed by atoms with Gasteiger partial charge in [-0.15, -0.1) is 0 Å². The monoisotopic (exact) mass is 723 g/mol. The Morgan fingerprint density at radius 3 is 2.41 bits per heavy atom. The number of carbonyl (C=O) groups excluding carboxylic acids is 5. The molecule has 0 unspecified atom stereocenters. The van der Waals surface area contributed by atoms with Crippen LogP contribution < -0.4 is 10.1 Å². The molecule has 2 aliphatic carbocycles. The molecule has 5 N–H and O–H groups in total. The molecule has 2 aromatic rings. The number of nitrogens with one attached hydrogen (secondary N) is 1. The summed E-state index contributed by atoms with van der Waals surface area (Å²) in [4.78, 5) is 64.9. The molecule has 0 aromatic heterocycles. The predicted molar refractivity (Wildman–Crippen MR) is 165 cm³/mol. The molecule has 1 fully saturated rings. The van der Waals surface area contributed by atoms with E-state index >= 15 is 0 Å². The van der Waals surface area contributed by atoms with Gasteiger partial charge in [0, 0.05) is 42.4 Å². The molecule has 0 spiro atoms. The first kappa shape index (κ1) is 37.7. The Kier molecular flexibility index (Phi) is 10.5. The topological polar surface area (TPSA) is 215 Å². The fraction of sp³-hybridized carbons (Fsp3) is 0.500. The second-order valence-electron chi connectivity index (χ2n) is 12.7. The fourth-order valence-electron chi connectivity index (χ4n) is 6.64. The van der Waals surface area contributed by atoms with E-state index in [1.807, 2.05) is 6.92 Å². The van der Waals surface area contributed by atoms with E-state index in [2.05, 4.69) is 0 Å². The Labute approximate surface area is 288 Å². The lowest BCUT2D eigenvalue weighted by Crippen LogP contribution is -2.57. The zero-order chi connectivity index (χ0) is 37.6. The molecular formula is C34H36F3NO13. The van der Waals surface area contributed by atoms with Crippen LogP contribution in [0.25, 0.3) is 0 Å². The number of unbranched alkanes of at least 4 members (excludes halogenated alkanes) is 1. The van der Waals surface area contributed by atoms with Gasteiger partial charge in [-0.2, -0.15) is 13.2 Å². The van der Waals surface area contributed by atoms with E-state index < -0.39 is 120 Å². The molecule has 1 amide bonds. The molecule has 14 nitrogen and oxygen atoms in total. The third kappa shape index (κ3) is 7.02. The van der Waals surface area contributed by atoms with E-state index in [1.165, 1.54) is 32.2 Å². The number of halogens is 3. The van der Waals surface area contributed by atoms with Crippen molar-refractivity contribution >= 4 is 29.2 Å². The van der Waals surface area contributed by atoms with Crippen LogP contribution in [0, 0.1) is 0 Å². The zero-order valence-corrected chi connectivity index (χ0v) is 27.7. The highest BCUT2D eigenvalue weighted by molar-refractivity contribution is 6.31. The van der Waals surface area contributed by atoms with Crippen LogP contribution in [0.1, 0.15) is 95.0 Å². The number of hydrogen-bond donors (Lipinski definition) is 5. The highest BCUT2D eigenvalue weighted by Crippen LogP contribution is 2.52. The number of benzene rings is 2. The van der Waals surface area contributed by atoms with Gasteiger partial charge in [0.1, 0.15) is 29.0 Å². The number of ketones is 3. The summed E-state index contributed by atoms with van der Waals surface area (Å²) in [5.74, 6) is -7.66. The number of aromatic hydroxyl groups is 2. The predicted octanol–water partition coefficient (Wildman–Crippen LogP) is 2.46. The van der Waals surface area contributed by atoms with Gasteiger partial charge in [0.05, 0.1) is 42.0 Å². The minimum absolute atomic E-state index is 0.00489. The van der Waals surface area contributed by atoms with Crippen molar-refractivity contribution in [3.8, 4) is 17.2 Å². The number of methoxy groups -OCH3 is 1. The van der Waals surface area contributed by atoms with Crippen LogP contribution in [0.15, 0.2) is 18.2 Å². The first-order valence-corrected chi connectivity index (χ1v) is 16.1. The van der Waals surface area contributed by atoms with Crippen molar-refractivity contribution in [2.24, 2.45) is 0 Å². The molecule has 51 heavy (non-hydrogen) atoms. The number of alkyl halides is 3. The SMILES string of the molecule is CCCCC(=O)OCC(=O)[C@@]1(O)Cc2c(O)c3c(c(O)c2[C@H](O[C@@H]2C[C@H](NC(=O)C(F)(F)F)[C@H](O)[C@H](C)O2)C1)C(=O)c1c(OC)cccc1C3=O. The second kappa shape index (κ2) is 14.2. The normalized spacial score (nSPS) is 25.7. The average Bonchev–Trinajstić information content (AvgIpc) is 3.07. The quantitative estimate of drug-likeness (QED) is 0.150. The number of fused-ring (bicyclic) bond motifs is 3. The van der Waals surface area contributed by atoms with Crippen LogP contribution in [-0.4, -0.2) is 99.7 Å². The van der Waals surface area contributed by atoms with E-state index in [4.69, 9.17) is 18.9 Å². The van der Waals surface area contributed by atoms with Crippen LogP contribution in [-0.2, 0) is 35.0 Å². The van der Waals surface area contributed by atoms with E-state index in [0.717, 1.165) is 0 Å². The summed E-state index contributed by atoms with van der Waals surface area (Å²) >= 11 is 0. The molecule has 2 aromatic carbocycles. The zero-order valence-electron chi connectivity index (χ0n) is 27.7. The van der Waals surface area contributed by atoms with Gasteiger partial charge < -0.3 is 44.7 Å². The van der Waals surface area contributed by atoms with Crippen molar-refractivity contribution in [1.82, 2.24) is 5.32 Å². The van der Waals surface area contributed by atoms with Gasteiger partial charge in [-0.25, -0.2) is 0 Å². The minimum atomic E-state index is -5.29. The van der Waals surface area contributed by atoms with Crippen LogP contribution in [0.4, 0.5) is 13.2 Å². The lowest BCUT2D eigenvalue weighted by atomic mass is 9.72. The molecule has 0 radical (unpaired) electrons. The standard InChI is InChI=1S/C34H36F3NO13/c1-4-5-9-21(40)49-13-20(39)33(47)11-16-24(19(12-33)51-22-10-17(27(41)14(2)50-22)38-32(46)34(35,36)37)31(45)26-25(29(16)43)28(42)15-7-6-8-18(48-3)23(15)30(26)44/h6-8,14,17,19,22,27,41,43,45,47H,4-5,9-13H2,1-3H3,(H,38,46)/t14-,17-,19+,22+,27+,33+/m0/s1. The molecule has 5 rings (SSSR count). The van der Waals surface area contributed by atoms with E-state index in [1.54, 1.807) is 5.32 Å². The molecule has 276 valence electrons. The van der Waals surface area contributed by atoms with Crippen molar-refractivity contribution in [2.75, 3.05) is 13.7 Å². The molecule has 0 bridgehead atoms. The van der Waals surface area contributed by atoms with E-state index in [-0.39, 0.29) is 34.4 Å². The maximum Gasteiger partial charge on any atom is 0.471 e. The van der Waals surface area contributed by atoms with Gasteiger partial charge in [0.25, 0.3) is 0 Å². The molecule has 17 heteroatoms. The van der Waals surface area contributed by atoms with Crippen LogP contribution in [0.5, 0.6) is 17.2 Å². The highest BCUT2D eigenvalue weighted by atomic mass is 19.4. The Morgan fingerprint density at radius 2 is 1.76 bits per heavy atom.